The zero-order valence-electron chi connectivity index (χ0n) is 18.2. The number of imidazole rings is 1. The second-order valence-electron chi connectivity index (χ2n) is 7.91. The van der Waals surface area contributed by atoms with E-state index in [4.69, 9.17) is 4.74 Å². The van der Waals surface area contributed by atoms with E-state index in [0.717, 1.165) is 16.5 Å². The summed E-state index contributed by atoms with van der Waals surface area (Å²) in [6.07, 6.45) is 4.56. The fourth-order valence-electron chi connectivity index (χ4n) is 4.32. The van der Waals surface area contributed by atoms with E-state index in [1.807, 2.05) is 42.5 Å². The lowest BCUT2D eigenvalue weighted by Gasteiger charge is -2.32. The summed E-state index contributed by atoms with van der Waals surface area (Å²) in [5, 5.41) is 1.83. The van der Waals surface area contributed by atoms with Crippen LogP contribution >= 0.6 is 0 Å². The number of rotatable bonds is 8. The Balaban J connectivity index is 1.70. The van der Waals surface area contributed by atoms with Crippen molar-refractivity contribution in [1.82, 2.24) is 19.8 Å². The minimum atomic E-state index is -1.32. The summed E-state index contributed by atoms with van der Waals surface area (Å²) in [4.78, 5) is 49.0. The molecule has 32 heavy (non-hydrogen) atoms. The molecular weight excluding hydrogens is 408 g/mol. The molecule has 0 bridgehead atoms. The number of nitrogens with one attached hydrogen (secondary N) is 1. The molecule has 8 nitrogen and oxygen atoms in total. The van der Waals surface area contributed by atoms with Crippen LogP contribution in [0.2, 0.25) is 0 Å². The molecule has 0 radical (unpaired) electrons. The number of carbonyl (C=O) groups is 3. The zero-order valence-corrected chi connectivity index (χ0v) is 18.2. The number of nitrogens with zero attached hydrogens (tertiary/aromatic N) is 3. The Labute approximate surface area is 186 Å². The van der Waals surface area contributed by atoms with E-state index in [1.54, 1.807) is 26.4 Å². The minimum absolute atomic E-state index is 0.202. The molecule has 1 atom stereocenters. The van der Waals surface area contributed by atoms with E-state index in [-0.39, 0.29) is 25.6 Å². The average Bonchev–Trinajstić information content (AvgIpc) is 3.37. The summed E-state index contributed by atoms with van der Waals surface area (Å²) in [5.41, 5.74) is 0.303. The van der Waals surface area contributed by atoms with Crippen LogP contribution in [-0.4, -0.2) is 57.4 Å². The highest BCUT2D eigenvalue weighted by molar-refractivity contribution is 6.10. The highest BCUT2D eigenvalue weighted by Crippen LogP contribution is 2.40. The topological polar surface area (TPSA) is 95.6 Å². The van der Waals surface area contributed by atoms with E-state index in [1.165, 1.54) is 9.80 Å². The summed E-state index contributed by atoms with van der Waals surface area (Å²) >= 11 is 0. The summed E-state index contributed by atoms with van der Waals surface area (Å²) in [6.45, 7) is 3.57. The molecule has 1 fully saturated rings. The summed E-state index contributed by atoms with van der Waals surface area (Å²) in [5.74, 6) is -0.882. The smallest absolute Gasteiger partial charge is 0.328 e. The number of esters is 1. The van der Waals surface area contributed by atoms with E-state index < -0.39 is 17.5 Å². The molecule has 3 amide bonds. The lowest BCUT2D eigenvalue weighted by Crippen LogP contribution is -2.47. The van der Waals surface area contributed by atoms with Gasteiger partial charge < -0.3 is 9.72 Å². The van der Waals surface area contributed by atoms with Gasteiger partial charge in [0.15, 0.2) is 0 Å². The van der Waals surface area contributed by atoms with Crippen molar-refractivity contribution in [2.45, 2.75) is 32.2 Å². The lowest BCUT2D eigenvalue weighted by atomic mass is 9.86. The van der Waals surface area contributed by atoms with Crippen molar-refractivity contribution < 1.29 is 19.1 Å². The van der Waals surface area contributed by atoms with Gasteiger partial charge in [0, 0.05) is 18.4 Å². The number of benzene rings is 2. The van der Waals surface area contributed by atoms with Crippen LogP contribution in [0.5, 0.6) is 0 Å². The predicted octanol–water partition coefficient (Wildman–Crippen LogP) is 3.24. The van der Waals surface area contributed by atoms with Crippen LogP contribution in [0.4, 0.5) is 4.79 Å². The Hall–Kier alpha value is -3.68. The summed E-state index contributed by atoms with van der Waals surface area (Å²) in [6, 6.07) is 12.9. The number of aryl methyl sites for hydroxylation is 1. The monoisotopic (exact) mass is 434 g/mol. The van der Waals surface area contributed by atoms with E-state index >= 15 is 0 Å². The van der Waals surface area contributed by atoms with Crippen molar-refractivity contribution in [3.63, 3.8) is 0 Å². The molecule has 0 aliphatic carbocycles. The van der Waals surface area contributed by atoms with Gasteiger partial charge in [-0.2, -0.15) is 0 Å². The number of carbonyl (C=O) groups excluding carboxylic acids is 3. The Morgan fingerprint density at radius 3 is 2.69 bits per heavy atom. The van der Waals surface area contributed by atoms with Crippen LogP contribution < -0.4 is 0 Å². The molecule has 8 heteroatoms. The normalized spacial score (nSPS) is 18.6. The molecule has 1 aliphatic heterocycles. The highest BCUT2D eigenvalue weighted by atomic mass is 16.5. The number of hydrogen-bond donors (Lipinski definition) is 1. The third-order valence-electron chi connectivity index (χ3n) is 5.95. The number of amides is 3. The maximum atomic E-state index is 13.7. The van der Waals surface area contributed by atoms with Gasteiger partial charge in [-0.1, -0.05) is 42.5 Å². The number of hydrogen-bond acceptors (Lipinski definition) is 5. The molecule has 2 heterocycles. The molecule has 2 aromatic carbocycles. The molecule has 4 rings (SSSR count). The number of H-pyrrole nitrogens is 1. The van der Waals surface area contributed by atoms with Gasteiger partial charge in [0.2, 0.25) is 0 Å². The fraction of sp³-hybridized carbons (Fsp3) is 0.333. The third kappa shape index (κ3) is 3.72. The van der Waals surface area contributed by atoms with Gasteiger partial charge >= 0.3 is 12.0 Å². The van der Waals surface area contributed by atoms with E-state index in [0.29, 0.717) is 18.4 Å². The first-order chi connectivity index (χ1) is 15.5. The standard InChI is InChI=1S/C24H26N4O4/c1-3-32-21(29)15-28-23(31)27(13-7-10-18-14-25-16-26-18)22(30)24(28,2)20-12-6-9-17-8-4-5-11-19(17)20/h4-6,8-9,11-12,14,16H,3,7,10,13,15H2,1-2H3,(H,25,26). The van der Waals surface area contributed by atoms with Gasteiger partial charge in [0.1, 0.15) is 12.1 Å². The van der Waals surface area contributed by atoms with Gasteiger partial charge in [-0.3, -0.25) is 19.4 Å². The largest absolute Gasteiger partial charge is 0.465 e. The van der Waals surface area contributed by atoms with E-state index in [2.05, 4.69) is 9.97 Å². The molecule has 166 valence electrons. The van der Waals surface area contributed by atoms with Crippen molar-refractivity contribution in [2.24, 2.45) is 0 Å². The SMILES string of the molecule is CCOC(=O)CN1C(=O)N(CCCc2cnc[nH]2)C(=O)C1(C)c1cccc2ccccc12. The van der Waals surface area contributed by atoms with E-state index in [9.17, 15) is 14.4 Å². The number of aromatic amines is 1. The van der Waals surface area contributed by atoms with Crippen LogP contribution in [0, 0.1) is 0 Å². The second kappa shape index (κ2) is 8.82. The number of imide groups is 1. The lowest BCUT2D eigenvalue weighted by molar-refractivity contribution is -0.145. The highest BCUT2D eigenvalue weighted by Gasteiger charge is 2.56. The molecular formula is C24H26N4O4. The van der Waals surface area contributed by atoms with Gasteiger partial charge in [-0.25, -0.2) is 9.78 Å². The van der Waals surface area contributed by atoms with Gasteiger partial charge in [0.25, 0.3) is 5.91 Å². The Kier molecular flexibility index (Phi) is 5.94. The molecule has 1 saturated heterocycles. The minimum Gasteiger partial charge on any atom is -0.465 e. The Morgan fingerprint density at radius 2 is 1.94 bits per heavy atom. The number of urea groups is 1. The Morgan fingerprint density at radius 1 is 1.16 bits per heavy atom. The first-order valence-electron chi connectivity index (χ1n) is 10.7. The first-order valence-corrected chi connectivity index (χ1v) is 10.7. The van der Waals surface area contributed by atoms with Crippen molar-refractivity contribution in [2.75, 3.05) is 19.7 Å². The average molecular weight is 434 g/mol. The summed E-state index contributed by atoms with van der Waals surface area (Å²) < 4.78 is 5.10. The quantitative estimate of drug-likeness (QED) is 0.434. The van der Waals surface area contributed by atoms with Crippen molar-refractivity contribution in [3.05, 3.63) is 66.2 Å². The van der Waals surface area contributed by atoms with Crippen LogP contribution in [0.1, 0.15) is 31.5 Å². The zero-order chi connectivity index (χ0) is 22.7. The number of fused-ring (bicyclic) bond motifs is 1. The molecule has 1 aliphatic rings. The van der Waals surface area contributed by atoms with Gasteiger partial charge in [0.05, 0.1) is 12.9 Å². The Bertz CT molecular complexity index is 1140. The van der Waals surface area contributed by atoms with Gasteiger partial charge in [-0.05, 0) is 43.0 Å². The molecule has 1 unspecified atom stereocenters. The molecule has 1 N–H and O–H groups in total. The van der Waals surface area contributed by atoms with Crippen LogP contribution in [0.3, 0.4) is 0 Å². The van der Waals surface area contributed by atoms with Gasteiger partial charge in [-0.15, -0.1) is 0 Å². The third-order valence-corrected chi connectivity index (χ3v) is 5.95. The molecule has 3 aromatic rings. The van der Waals surface area contributed by atoms with Crippen molar-refractivity contribution in [3.8, 4) is 0 Å². The van der Waals surface area contributed by atoms with Crippen molar-refractivity contribution >= 4 is 28.7 Å². The van der Waals surface area contributed by atoms with Crippen molar-refractivity contribution in [1.29, 1.82) is 0 Å². The second-order valence-corrected chi connectivity index (χ2v) is 7.91. The number of ether oxygens (including phenoxy) is 1. The maximum Gasteiger partial charge on any atom is 0.328 e. The fourth-order valence-corrected chi connectivity index (χ4v) is 4.32. The van der Waals surface area contributed by atoms with Crippen LogP contribution in [0.25, 0.3) is 10.8 Å². The molecule has 1 aromatic heterocycles. The predicted molar refractivity (Wildman–Crippen MR) is 119 cm³/mol. The first kappa shape index (κ1) is 21.5. The molecule has 0 spiro atoms. The maximum absolute atomic E-state index is 13.7. The van der Waals surface area contributed by atoms with Crippen LogP contribution in [0.15, 0.2) is 55.0 Å². The summed E-state index contributed by atoms with van der Waals surface area (Å²) in [7, 11) is 0. The van der Waals surface area contributed by atoms with Crippen LogP contribution in [-0.2, 0) is 26.3 Å². The number of aromatic nitrogens is 2. The molecule has 0 saturated carbocycles.